The number of carbonyl (C=O) groups is 2. The lowest BCUT2D eigenvalue weighted by atomic mass is 10.2. The van der Waals surface area contributed by atoms with Crippen LogP contribution in [0.1, 0.15) is 6.92 Å². The van der Waals surface area contributed by atoms with Gasteiger partial charge in [-0.1, -0.05) is 11.6 Å². The van der Waals surface area contributed by atoms with Crippen molar-refractivity contribution in [3.63, 3.8) is 0 Å². The second-order valence-electron chi connectivity index (χ2n) is 4.18. The van der Waals surface area contributed by atoms with Crippen LogP contribution < -0.4 is 11.1 Å². The van der Waals surface area contributed by atoms with Gasteiger partial charge in [0.15, 0.2) is 0 Å². The third-order valence-electron chi connectivity index (χ3n) is 2.82. The number of sulfonamides is 1. The molecule has 8 nitrogen and oxygen atoms in total. The first-order chi connectivity index (χ1) is 9.23. The van der Waals surface area contributed by atoms with Crippen molar-refractivity contribution in [2.45, 2.75) is 17.9 Å². The van der Waals surface area contributed by atoms with Crippen LogP contribution in [-0.4, -0.2) is 42.1 Å². The Bertz CT molecular complexity index is 690. The van der Waals surface area contributed by atoms with Crippen molar-refractivity contribution in [3.05, 3.63) is 17.3 Å². The van der Waals surface area contributed by atoms with Crippen molar-refractivity contribution in [2.75, 3.05) is 12.3 Å². The van der Waals surface area contributed by atoms with Crippen LogP contribution in [0.5, 0.6) is 0 Å². The minimum atomic E-state index is -4.07. The van der Waals surface area contributed by atoms with Gasteiger partial charge in [0.25, 0.3) is 0 Å². The van der Waals surface area contributed by atoms with Gasteiger partial charge in [-0.25, -0.2) is 13.4 Å². The number of nitrogens with two attached hydrogens (primary N) is 1. The highest BCUT2D eigenvalue weighted by molar-refractivity contribution is 7.89. The predicted octanol–water partition coefficient (Wildman–Crippen LogP) is -0.647. The molecule has 20 heavy (non-hydrogen) atoms. The maximum Gasteiger partial charge on any atom is 0.245 e. The van der Waals surface area contributed by atoms with Gasteiger partial charge >= 0.3 is 0 Å². The molecule has 0 saturated carbocycles. The number of halogens is 1. The number of nitrogen functional groups attached to an aromatic ring is 1. The highest BCUT2D eigenvalue weighted by Crippen LogP contribution is 2.24. The molecule has 1 aliphatic heterocycles. The summed E-state index contributed by atoms with van der Waals surface area (Å²) in [6.07, 6.45) is 1.03. The zero-order chi connectivity index (χ0) is 15.1. The fourth-order valence-electron chi connectivity index (χ4n) is 1.69. The molecule has 0 bridgehead atoms. The molecule has 0 aliphatic carbocycles. The van der Waals surface area contributed by atoms with Crippen LogP contribution in [0.4, 0.5) is 5.82 Å². The van der Waals surface area contributed by atoms with E-state index in [1.807, 2.05) is 0 Å². The van der Waals surface area contributed by atoms with Gasteiger partial charge in [-0.15, -0.1) is 0 Å². The number of aromatic nitrogens is 1. The molecule has 1 atom stereocenters. The molecule has 3 N–H and O–H groups in total. The molecule has 2 heterocycles. The van der Waals surface area contributed by atoms with E-state index in [1.54, 1.807) is 0 Å². The van der Waals surface area contributed by atoms with E-state index in [2.05, 4.69) is 10.3 Å². The highest BCUT2D eigenvalue weighted by atomic mass is 35.5. The number of anilines is 1. The van der Waals surface area contributed by atoms with E-state index in [0.29, 0.717) is 0 Å². The molecule has 10 heteroatoms. The monoisotopic (exact) mass is 318 g/mol. The Balaban J connectivity index is 2.45. The summed E-state index contributed by atoms with van der Waals surface area (Å²) in [6, 6.07) is 0.122. The Kier molecular flexibility index (Phi) is 3.67. The SMILES string of the molecule is CC1C(=O)NC(=O)CN1S(=O)(=O)c1cnc(N)c(Cl)c1. The molecule has 0 spiro atoms. The van der Waals surface area contributed by atoms with Crippen molar-refractivity contribution in [2.24, 2.45) is 0 Å². The van der Waals surface area contributed by atoms with Gasteiger partial charge in [0.2, 0.25) is 21.8 Å². The number of nitrogens with one attached hydrogen (secondary N) is 1. The van der Waals surface area contributed by atoms with Crippen LogP contribution in [0.3, 0.4) is 0 Å². The van der Waals surface area contributed by atoms with Gasteiger partial charge in [-0.05, 0) is 13.0 Å². The quantitative estimate of drug-likeness (QED) is 0.699. The minimum Gasteiger partial charge on any atom is -0.382 e. The van der Waals surface area contributed by atoms with Crippen molar-refractivity contribution in [1.82, 2.24) is 14.6 Å². The molecule has 0 radical (unpaired) electrons. The molecule has 108 valence electrons. The van der Waals surface area contributed by atoms with Gasteiger partial charge in [0.05, 0.1) is 11.6 Å². The number of carbonyl (C=O) groups excluding carboxylic acids is 2. The maximum atomic E-state index is 12.4. The Morgan fingerprint density at radius 1 is 1.50 bits per heavy atom. The lowest BCUT2D eigenvalue weighted by Crippen LogP contribution is -2.58. The number of imide groups is 1. The first-order valence-electron chi connectivity index (χ1n) is 5.50. The molecular formula is C10H11ClN4O4S. The summed E-state index contributed by atoms with van der Waals surface area (Å²) < 4.78 is 25.6. The standard InChI is InChI=1S/C10H11ClN4O4S/c1-5-10(17)14-8(16)4-15(5)20(18,19)6-2-7(11)9(12)13-3-6/h2-3,5H,4H2,1H3,(H2,12,13)(H,14,16,17). The molecule has 1 saturated heterocycles. The van der Waals surface area contributed by atoms with Gasteiger partial charge in [-0.2, -0.15) is 4.31 Å². The molecule has 0 aromatic carbocycles. The fourth-order valence-corrected chi connectivity index (χ4v) is 3.44. The molecular weight excluding hydrogens is 308 g/mol. The topological polar surface area (TPSA) is 122 Å². The van der Waals surface area contributed by atoms with Crippen LogP contribution in [0.25, 0.3) is 0 Å². The first kappa shape index (κ1) is 14.7. The lowest BCUT2D eigenvalue weighted by molar-refractivity contribution is -0.136. The zero-order valence-corrected chi connectivity index (χ0v) is 11.9. The van der Waals surface area contributed by atoms with Crippen LogP contribution in [0.15, 0.2) is 17.2 Å². The number of hydrogen-bond donors (Lipinski definition) is 2. The van der Waals surface area contributed by atoms with Crippen molar-refractivity contribution < 1.29 is 18.0 Å². The van der Waals surface area contributed by atoms with Crippen molar-refractivity contribution in [1.29, 1.82) is 0 Å². The average molecular weight is 319 g/mol. The van der Waals surface area contributed by atoms with Crippen molar-refractivity contribution >= 4 is 39.3 Å². The van der Waals surface area contributed by atoms with E-state index >= 15 is 0 Å². The summed E-state index contributed by atoms with van der Waals surface area (Å²) in [5, 5.41) is 2.04. The van der Waals surface area contributed by atoms with Crippen LogP contribution >= 0.6 is 11.6 Å². The largest absolute Gasteiger partial charge is 0.382 e. The molecule has 2 rings (SSSR count). The lowest BCUT2D eigenvalue weighted by Gasteiger charge is -2.30. The van der Waals surface area contributed by atoms with E-state index in [4.69, 9.17) is 17.3 Å². The summed E-state index contributed by atoms with van der Waals surface area (Å²) >= 11 is 5.74. The number of piperazine rings is 1. The van der Waals surface area contributed by atoms with E-state index in [0.717, 1.165) is 16.6 Å². The van der Waals surface area contributed by atoms with Crippen LogP contribution in [0.2, 0.25) is 5.02 Å². The Hall–Kier alpha value is -1.71. The summed E-state index contributed by atoms with van der Waals surface area (Å²) in [6.45, 7) is 0.933. The van der Waals surface area contributed by atoms with E-state index < -0.39 is 34.4 Å². The summed E-state index contributed by atoms with van der Waals surface area (Å²) in [4.78, 5) is 26.3. The van der Waals surface area contributed by atoms with E-state index in [9.17, 15) is 18.0 Å². The smallest absolute Gasteiger partial charge is 0.245 e. The number of amides is 2. The molecule has 1 aromatic rings. The minimum absolute atomic E-state index is 0.00821. The normalized spacial score (nSPS) is 20.8. The number of rotatable bonds is 2. The second-order valence-corrected chi connectivity index (χ2v) is 6.47. The number of hydrogen-bond acceptors (Lipinski definition) is 6. The fraction of sp³-hybridized carbons (Fsp3) is 0.300. The van der Waals surface area contributed by atoms with E-state index in [1.165, 1.54) is 6.92 Å². The first-order valence-corrected chi connectivity index (χ1v) is 7.32. The Morgan fingerprint density at radius 2 is 2.15 bits per heavy atom. The summed E-state index contributed by atoms with van der Waals surface area (Å²) in [5.74, 6) is -1.38. The predicted molar refractivity (Wildman–Crippen MR) is 70.2 cm³/mol. The second kappa shape index (κ2) is 5.00. The molecule has 1 unspecified atom stereocenters. The molecule has 1 fully saturated rings. The van der Waals surface area contributed by atoms with Gasteiger partial charge in [0, 0.05) is 6.20 Å². The Labute approximate surface area is 120 Å². The molecule has 1 aromatic heterocycles. The zero-order valence-electron chi connectivity index (χ0n) is 10.3. The maximum absolute atomic E-state index is 12.4. The highest BCUT2D eigenvalue weighted by Gasteiger charge is 2.39. The average Bonchev–Trinajstić information content (AvgIpc) is 2.36. The van der Waals surface area contributed by atoms with Crippen molar-refractivity contribution in [3.8, 4) is 0 Å². The third-order valence-corrected chi connectivity index (χ3v) is 5.01. The summed E-state index contributed by atoms with van der Waals surface area (Å²) in [5.41, 5.74) is 5.41. The van der Waals surface area contributed by atoms with Crippen LogP contribution in [-0.2, 0) is 19.6 Å². The molecule has 1 aliphatic rings. The Morgan fingerprint density at radius 3 is 2.75 bits per heavy atom. The van der Waals surface area contributed by atoms with Gasteiger partial charge in [-0.3, -0.25) is 14.9 Å². The van der Waals surface area contributed by atoms with E-state index in [-0.39, 0.29) is 15.7 Å². The molecule has 2 amide bonds. The third kappa shape index (κ3) is 2.47. The van der Waals surface area contributed by atoms with Crippen LogP contribution in [0, 0.1) is 0 Å². The number of pyridine rings is 1. The van der Waals surface area contributed by atoms with Gasteiger partial charge < -0.3 is 5.73 Å². The van der Waals surface area contributed by atoms with Gasteiger partial charge in [0.1, 0.15) is 16.8 Å². The number of nitrogens with zero attached hydrogens (tertiary/aromatic N) is 2. The summed E-state index contributed by atoms with van der Waals surface area (Å²) in [7, 11) is -4.07.